The molecule has 0 saturated carbocycles. The van der Waals surface area contributed by atoms with Gasteiger partial charge in [-0.3, -0.25) is 4.79 Å². The van der Waals surface area contributed by atoms with Gasteiger partial charge in [0.05, 0.1) is 24.7 Å². The first-order valence-corrected chi connectivity index (χ1v) is 8.93. The van der Waals surface area contributed by atoms with Gasteiger partial charge < -0.3 is 9.47 Å². The topological polar surface area (TPSA) is 69.7 Å². The van der Waals surface area contributed by atoms with Crippen LogP contribution in [0, 0.1) is 5.92 Å². The van der Waals surface area contributed by atoms with Gasteiger partial charge in [0, 0.05) is 11.5 Å². The first kappa shape index (κ1) is 15.8. The van der Waals surface area contributed by atoms with Gasteiger partial charge in [-0.15, -0.1) is 0 Å². The van der Waals surface area contributed by atoms with Crippen LogP contribution in [0.15, 0.2) is 18.2 Å². The molecule has 1 heterocycles. The minimum atomic E-state index is -3.06. The van der Waals surface area contributed by atoms with Gasteiger partial charge in [0.15, 0.2) is 27.1 Å². The van der Waals surface area contributed by atoms with Crippen LogP contribution in [0.4, 0.5) is 0 Å². The van der Waals surface area contributed by atoms with Crippen LogP contribution in [0.3, 0.4) is 0 Å². The second-order valence-corrected chi connectivity index (χ2v) is 7.22. The lowest BCUT2D eigenvalue weighted by atomic mass is 9.97. The minimum absolute atomic E-state index is 0.0526. The number of carbonyl (C=O) groups is 1. The molecule has 1 unspecified atom stereocenters. The van der Waals surface area contributed by atoms with Crippen molar-refractivity contribution in [3.8, 4) is 11.5 Å². The molecule has 1 fully saturated rings. The molecule has 1 aliphatic rings. The molecule has 1 atom stereocenters. The van der Waals surface area contributed by atoms with Gasteiger partial charge in [0.2, 0.25) is 0 Å². The van der Waals surface area contributed by atoms with Crippen molar-refractivity contribution in [3.05, 3.63) is 23.8 Å². The van der Waals surface area contributed by atoms with E-state index in [9.17, 15) is 13.2 Å². The molecule has 0 spiro atoms. The average molecular weight is 312 g/mol. The van der Waals surface area contributed by atoms with Crippen LogP contribution in [0.25, 0.3) is 0 Å². The van der Waals surface area contributed by atoms with E-state index < -0.39 is 15.8 Å². The Morgan fingerprint density at radius 3 is 2.43 bits per heavy atom. The maximum absolute atomic E-state index is 12.4. The fraction of sp³-hybridized carbons (Fsp3) is 0.533. The lowest BCUT2D eigenvalue weighted by molar-refractivity contribution is 0.0932. The van der Waals surface area contributed by atoms with E-state index in [0.29, 0.717) is 36.7 Å². The number of Topliss-reactive ketones (excluding diaryl/α,β-unsaturated/α-hetero) is 1. The summed E-state index contributed by atoms with van der Waals surface area (Å²) < 4.78 is 33.9. The molecule has 116 valence electrons. The molecule has 21 heavy (non-hydrogen) atoms. The van der Waals surface area contributed by atoms with Gasteiger partial charge in [-0.2, -0.15) is 0 Å². The van der Waals surface area contributed by atoms with E-state index in [0.717, 1.165) is 0 Å². The summed E-state index contributed by atoms with van der Waals surface area (Å²) in [6.45, 7) is 4.70. The van der Waals surface area contributed by atoms with Crippen LogP contribution in [-0.4, -0.2) is 38.9 Å². The zero-order chi connectivity index (χ0) is 15.5. The van der Waals surface area contributed by atoms with Crippen LogP contribution in [0.2, 0.25) is 0 Å². The van der Waals surface area contributed by atoms with E-state index in [-0.39, 0.29) is 17.3 Å². The number of hydrogen-bond acceptors (Lipinski definition) is 5. The number of carbonyl (C=O) groups excluding carboxylic acids is 1. The fourth-order valence-electron chi connectivity index (χ4n) is 2.44. The van der Waals surface area contributed by atoms with Gasteiger partial charge in [0.25, 0.3) is 0 Å². The number of hydrogen-bond donors (Lipinski definition) is 0. The Morgan fingerprint density at radius 2 is 1.86 bits per heavy atom. The first-order chi connectivity index (χ1) is 9.96. The van der Waals surface area contributed by atoms with Gasteiger partial charge in [-0.1, -0.05) is 0 Å². The highest BCUT2D eigenvalue weighted by Gasteiger charge is 2.33. The lowest BCUT2D eigenvalue weighted by Crippen LogP contribution is -2.16. The molecular weight excluding hydrogens is 292 g/mol. The van der Waals surface area contributed by atoms with Crippen LogP contribution in [0.5, 0.6) is 11.5 Å². The predicted molar refractivity (Wildman–Crippen MR) is 79.9 cm³/mol. The minimum Gasteiger partial charge on any atom is -0.490 e. The standard InChI is InChI=1S/C15H20O5S/c1-3-19-13-6-5-11(9-14(13)20-4-2)15(16)12-7-8-21(17,18)10-12/h5-6,9,12H,3-4,7-8,10H2,1-2H3. The van der Waals surface area contributed by atoms with E-state index in [1.54, 1.807) is 18.2 Å². The monoisotopic (exact) mass is 312 g/mol. The third-order valence-corrected chi connectivity index (χ3v) is 5.20. The normalized spacial score (nSPS) is 20.2. The zero-order valence-corrected chi connectivity index (χ0v) is 13.1. The van der Waals surface area contributed by atoms with Crippen molar-refractivity contribution in [2.45, 2.75) is 20.3 Å². The first-order valence-electron chi connectivity index (χ1n) is 7.11. The SMILES string of the molecule is CCOc1ccc(C(=O)C2CCS(=O)(=O)C2)cc1OCC. The van der Waals surface area contributed by atoms with Crippen molar-refractivity contribution in [1.82, 2.24) is 0 Å². The molecule has 0 radical (unpaired) electrons. The molecule has 0 bridgehead atoms. The van der Waals surface area contributed by atoms with Crippen molar-refractivity contribution in [3.63, 3.8) is 0 Å². The molecular formula is C15H20O5S. The zero-order valence-electron chi connectivity index (χ0n) is 12.3. The van der Waals surface area contributed by atoms with Gasteiger partial charge in [0.1, 0.15) is 0 Å². The van der Waals surface area contributed by atoms with Gasteiger partial charge >= 0.3 is 0 Å². The molecule has 1 aromatic rings. The summed E-state index contributed by atoms with van der Waals surface area (Å²) in [5, 5.41) is 0. The molecule has 1 aliphatic heterocycles. The van der Waals surface area contributed by atoms with Crippen LogP contribution >= 0.6 is 0 Å². The second-order valence-electron chi connectivity index (χ2n) is 4.99. The maximum Gasteiger partial charge on any atom is 0.167 e. The van der Waals surface area contributed by atoms with Crippen molar-refractivity contribution in [2.24, 2.45) is 5.92 Å². The Kier molecular flexibility index (Phi) is 4.88. The number of rotatable bonds is 6. The molecule has 0 aliphatic carbocycles. The highest BCUT2D eigenvalue weighted by atomic mass is 32.2. The van der Waals surface area contributed by atoms with Crippen LogP contribution in [-0.2, 0) is 9.84 Å². The average Bonchev–Trinajstić information content (AvgIpc) is 2.81. The quantitative estimate of drug-likeness (QED) is 0.752. The van der Waals surface area contributed by atoms with Crippen LogP contribution in [0.1, 0.15) is 30.6 Å². The highest BCUT2D eigenvalue weighted by molar-refractivity contribution is 7.91. The van der Waals surface area contributed by atoms with E-state index in [1.807, 2.05) is 13.8 Å². The molecule has 1 saturated heterocycles. The Labute approximate surface area is 125 Å². The van der Waals surface area contributed by atoms with Gasteiger partial charge in [-0.05, 0) is 38.5 Å². The van der Waals surface area contributed by atoms with E-state index in [1.165, 1.54) is 0 Å². The van der Waals surface area contributed by atoms with E-state index in [2.05, 4.69) is 0 Å². The second kappa shape index (κ2) is 6.47. The summed E-state index contributed by atoms with van der Waals surface area (Å²) >= 11 is 0. The van der Waals surface area contributed by atoms with Crippen molar-refractivity contribution < 1.29 is 22.7 Å². The Bertz CT molecular complexity index is 621. The van der Waals surface area contributed by atoms with Crippen molar-refractivity contribution in [1.29, 1.82) is 0 Å². The maximum atomic E-state index is 12.4. The fourth-order valence-corrected chi connectivity index (χ4v) is 4.18. The third kappa shape index (κ3) is 3.75. The van der Waals surface area contributed by atoms with Crippen molar-refractivity contribution >= 4 is 15.6 Å². The molecule has 0 amide bonds. The van der Waals surface area contributed by atoms with Gasteiger partial charge in [-0.25, -0.2) is 8.42 Å². The van der Waals surface area contributed by atoms with Crippen LogP contribution < -0.4 is 9.47 Å². The number of ketones is 1. The smallest absolute Gasteiger partial charge is 0.167 e. The molecule has 6 heteroatoms. The molecule has 2 rings (SSSR count). The predicted octanol–water partition coefficient (Wildman–Crippen LogP) is 2.10. The largest absolute Gasteiger partial charge is 0.490 e. The Balaban J connectivity index is 2.23. The summed E-state index contributed by atoms with van der Waals surface area (Å²) in [4.78, 5) is 12.4. The molecule has 5 nitrogen and oxygen atoms in total. The lowest BCUT2D eigenvalue weighted by Gasteiger charge is -2.13. The molecule has 0 N–H and O–H groups in total. The number of ether oxygens (including phenoxy) is 2. The molecule has 1 aromatic carbocycles. The third-order valence-electron chi connectivity index (χ3n) is 3.43. The molecule has 0 aromatic heterocycles. The Morgan fingerprint density at radius 1 is 1.19 bits per heavy atom. The van der Waals surface area contributed by atoms with E-state index >= 15 is 0 Å². The highest BCUT2D eigenvalue weighted by Crippen LogP contribution is 2.31. The number of sulfone groups is 1. The summed E-state index contributed by atoms with van der Waals surface area (Å²) in [6.07, 6.45) is 0.401. The summed E-state index contributed by atoms with van der Waals surface area (Å²) in [6, 6.07) is 5.01. The summed E-state index contributed by atoms with van der Waals surface area (Å²) in [5.41, 5.74) is 0.476. The number of benzene rings is 1. The van der Waals surface area contributed by atoms with Crippen molar-refractivity contribution in [2.75, 3.05) is 24.7 Å². The Hall–Kier alpha value is -1.56. The summed E-state index contributed by atoms with van der Waals surface area (Å²) in [5.74, 6) is 0.574. The van der Waals surface area contributed by atoms with E-state index in [4.69, 9.17) is 9.47 Å². The summed E-state index contributed by atoms with van der Waals surface area (Å²) in [7, 11) is -3.06.